The summed E-state index contributed by atoms with van der Waals surface area (Å²) in [7, 11) is -2.04. The molecule has 0 bridgehead atoms. The minimum atomic E-state index is -3.38. The van der Waals surface area contributed by atoms with Crippen LogP contribution in [0.15, 0.2) is 0 Å². The Morgan fingerprint density at radius 3 is 2.10 bits per heavy atom. The van der Waals surface area contributed by atoms with Crippen LogP contribution in [-0.4, -0.2) is 44.1 Å². The first-order valence-electron chi connectivity index (χ1n) is 8.09. The number of carbonyl (C=O) groups excluding carboxylic acids is 1. The Morgan fingerprint density at radius 1 is 1.05 bits per heavy atom. The van der Waals surface area contributed by atoms with Crippen LogP contribution in [0.1, 0.15) is 44.9 Å². The van der Waals surface area contributed by atoms with E-state index < -0.39 is 21.2 Å². The molecule has 3 fully saturated rings. The molecule has 0 aromatic rings. The molecule has 3 aliphatic rings. The lowest BCUT2D eigenvalue weighted by atomic mass is 10.1. The van der Waals surface area contributed by atoms with E-state index in [0.29, 0.717) is 37.8 Å². The lowest BCUT2D eigenvalue weighted by Gasteiger charge is -2.28. The number of carbonyl (C=O) groups is 1. The highest BCUT2D eigenvalue weighted by atomic mass is 32.2. The smallest absolute Gasteiger partial charge is 0.310 e. The van der Waals surface area contributed by atoms with Crippen molar-refractivity contribution in [3.05, 3.63) is 0 Å². The van der Waals surface area contributed by atoms with Crippen LogP contribution in [0.3, 0.4) is 0 Å². The Bertz CT molecular complexity index is 482. The van der Waals surface area contributed by atoms with Gasteiger partial charge in [0.15, 0.2) is 0 Å². The van der Waals surface area contributed by atoms with Crippen LogP contribution in [0.2, 0.25) is 0 Å². The zero-order valence-corrected chi connectivity index (χ0v) is 13.5. The van der Waals surface area contributed by atoms with Gasteiger partial charge in [0.1, 0.15) is 0 Å². The molecule has 0 saturated heterocycles. The number of hydrogen-bond donors (Lipinski definition) is 0. The molecular weight excluding hydrogens is 290 g/mol. The first-order valence-corrected chi connectivity index (χ1v) is 9.59. The second-order valence-electron chi connectivity index (χ2n) is 6.85. The zero-order valence-electron chi connectivity index (χ0n) is 12.7. The molecule has 0 N–H and O–H groups in total. The molecule has 0 radical (unpaired) electrons. The number of ether oxygens (including phenoxy) is 1. The van der Waals surface area contributed by atoms with E-state index in [4.69, 9.17) is 4.74 Å². The maximum atomic E-state index is 13.0. The topological polar surface area (TPSA) is 63.7 Å². The van der Waals surface area contributed by atoms with Crippen LogP contribution in [0.4, 0.5) is 0 Å². The lowest BCUT2D eigenvalue weighted by Crippen LogP contribution is -2.44. The third-order valence-corrected chi connectivity index (χ3v) is 7.36. The summed E-state index contributed by atoms with van der Waals surface area (Å²) in [5, 5.41) is -0.567. The van der Waals surface area contributed by atoms with Crippen molar-refractivity contribution in [1.82, 2.24) is 4.31 Å². The van der Waals surface area contributed by atoms with Crippen molar-refractivity contribution in [2.24, 2.45) is 17.8 Å². The molecule has 3 rings (SSSR count). The molecule has 21 heavy (non-hydrogen) atoms. The van der Waals surface area contributed by atoms with Gasteiger partial charge < -0.3 is 4.74 Å². The molecular formula is C15H25NO4S. The van der Waals surface area contributed by atoms with Gasteiger partial charge >= 0.3 is 5.97 Å². The lowest BCUT2D eigenvalue weighted by molar-refractivity contribution is -0.145. The molecule has 3 saturated carbocycles. The van der Waals surface area contributed by atoms with E-state index in [0.717, 1.165) is 32.1 Å². The Labute approximate surface area is 127 Å². The van der Waals surface area contributed by atoms with Crippen molar-refractivity contribution in [1.29, 1.82) is 0 Å². The van der Waals surface area contributed by atoms with E-state index in [-0.39, 0.29) is 5.97 Å². The van der Waals surface area contributed by atoms with E-state index in [2.05, 4.69) is 0 Å². The van der Waals surface area contributed by atoms with Crippen LogP contribution >= 0.6 is 0 Å². The fourth-order valence-corrected chi connectivity index (χ4v) is 5.70. The fourth-order valence-electron chi connectivity index (χ4n) is 3.35. The van der Waals surface area contributed by atoms with E-state index >= 15 is 0 Å². The highest BCUT2D eigenvalue weighted by Crippen LogP contribution is 2.39. The van der Waals surface area contributed by atoms with Gasteiger partial charge in [-0.2, -0.15) is 0 Å². The molecule has 0 spiro atoms. The van der Waals surface area contributed by atoms with Crippen molar-refractivity contribution in [2.45, 2.75) is 50.2 Å². The zero-order chi connectivity index (χ0) is 15.0. The van der Waals surface area contributed by atoms with Gasteiger partial charge in [0.2, 0.25) is 10.0 Å². The minimum Gasteiger partial charge on any atom is -0.469 e. The summed E-state index contributed by atoms with van der Waals surface area (Å²) in [4.78, 5) is 11.9. The van der Waals surface area contributed by atoms with Gasteiger partial charge in [-0.25, -0.2) is 12.7 Å². The van der Waals surface area contributed by atoms with E-state index in [1.807, 2.05) is 0 Å². The first-order chi connectivity index (χ1) is 10.0. The van der Waals surface area contributed by atoms with Crippen LogP contribution in [0.5, 0.6) is 0 Å². The number of sulfonamides is 1. The summed E-state index contributed by atoms with van der Waals surface area (Å²) in [6.45, 7) is 1.31. The molecule has 0 aromatic heterocycles. The standard InChI is InChI=1S/C15H25NO4S/c1-20-15(17)13-3-2-4-14(13)21(18,19)16(9-11-5-6-11)10-12-7-8-12/h11-14H,2-10H2,1H3. The highest BCUT2D eigenvalue weighted by molar-refractivity contribution is 7.89. The molecule has 2 unspecified atom stereocenters. The van der Waals surface area contributed by atoms with Crippen LogP contribution in [0.25, 0.3) is 0 Å². The highest BCUT2D eigenvalue weighted by Gasteiger charge is 2.46. The van der Waals surface area contributed by atoms with Crippen LogP contribution in [-0.2, 0) is 19.6 Å². The third kappa shape index (κ3) is 3.42. The number of hydrogen-bond acceptors (Lipinski definition) is 4. The Balaban J connectivity index is 1.76. The van der Waals surface area contributed by atoms with Crippen molar-refractivity contribution >= 4 is 16.0 Å². The fraction of sp³-hybridized carbons (Fsp3) is 0.933. The quantitative estimate of drug-likeness (QED) is 0.672. The van der Waals surface area contributed by atoms with E-state index in [1.54, 1.807) is 4.31 Å². The first kappa shape index (κ1) is 15.3. The van der Waals surface area contributed by atoms with Crippen molar-refractivity contribution in [2.75, 3.05) is 20.2 Å². The number of methoxy groups -OCH3 is 1. The number of nitrogens with zero attached hydrogens (tertiary/aromatic N) is 1. The third-order valence-electron chi connectivity index (χ3n) is 5.02. The van der Waals surface area contributed by atoms with Gasteiger partial charge in [-0.1, -0.05) is 6.42 Å². The van der Waals surface area contributed by atoms with Gasteiger partial charge in [0, 0.05) is 13.1 Å². The molecule has 0 aliphatic heterocycles. The summed E-state index contributed by atoms with van der Waals surface area (Å²) in [5.74, 6) is 0.243. The molecule has 6 heteroatoms. The van der Waals surface area contributed by atoms with Crippen molar-refractivity contribution in [3.63, 3.8) is 0 Å². The van der Waals surface area contributed by atoms with Crippen LogP contribution in [0, 0.1) is 17.8 Å². The van der Waals surface area contributed by atoms with E-state index in [9.17, 15) is 13.2 Å². The van der Waals surface area contributed by atoms with Crippen molar-refractivity contribution < 1.29 is 17.9 Å². The molecule has 5 nitrogen and oxygen atoms in total. The largest absolute Gasteiger partial charge is 0.469 e. The molecule has 3 aliphatic carbocycles. The molecule has 120 valence electrons. The predicted molar refractivity (Wildman–Crippen MR) is 79.1 cm³/mol. The SMILES string of the molecule is COC(=O)C1CCCC1S(=O)(=O)N(CC1CC1)CC1CC1. The normalized spacial score (nSPS) is 29.8. The average molecular weight is 315 g/mol. The maximum Gasteiger partial charge on any atom is 0.310 e. The Hall–Kier alpha value is -0.620. The summed E-state index contributed by atoms with van der Waals surface area (Å²) in [6.07, 6.45) is 6.59. The Morgan fingerprint density at radius 2 is 1.62 bits per heavy atom. The van der Waals surface area contributed by atoms with Gasteiger partial charge in [0.25, 0.3) is 0 Å². The summed E-state index contributed by atoms with van der Waals surface area (Å²) >= 11 is 0. The van der Waals surface area contributed by atoms with Crippen molar-refractivity contribution in [3.8, 4) is 0 Å². The monoisotopic (exact) mass is 315 g/mol. The Kier molecular flexibility index (Phi) is 4.28. The second-order valence-corrected chi connectivity index (χ2v) is 9.00. The maximum absolute atomic E-state index is 13.0. The summed E-state index contributed by atoms with van der Waals surface area (Å²) in [5.41, 5.74) is 0. The molecule has 2 atom stereocenters. The average Bonchev–Trinajstić information content (AvgIpc) is 3.38. The molecule has 0 aromatic carbocycles. The summed E-state index contributed by atoms with van der Waals surface area (Å²) in [6, 6.07) is 0. The number of rotatable bonds is 7. The van der Waals surface area contributed by atoms with Gasteiger partial charge in [-0.3, -0.25) is 4.79 Å². The predicted octanol–water partition coefficient (Wildman–Crippen LogP) is 1.78. The van der Waals surface area contributed by atoms with E-state index in [1.165, 1.54) is 7.11 Å². The molecule has 0 amide bonds. The second kappa shape index (κ2) is 5.88. The minimum absolute atomic E-state index is 0.362. The molecule has 0 heterocycles. The van der Waals surface area contributed by atoms with Gasteiger partial charge in [-0.15, -0.1) is 0 Å². The number of esters is 1. The van der Waals surface area contributed by atoms with Gasteiger partial charge in [0.05, 0.1) is 18.3 Å². The van der Waals surface area contributed by atoms with Crippen LogP contribution < -0.4 is 0 Å². The van der Waals surface area contributed by atoms with Gasteiger partial charge in [-0.05, 0) is 50.4 Å². The summed E-state index contributed by atoms with van der Waals surface area (Å²) < 4.78 is 32.5.